The Bertz CT molecular complexity index is 754. The smallest absolute Gasteiger partial charge is 0.0834 e. The van der Waals surface area contributed by atoms with Gasteiger partial charge in [-0.15, -0.1) is 0 Å². The first-order valence-electron chi connectivity index (χ1n) is 9.45. The molecule has 0 aliphatic carbocycles. The Labute approximate surface area is 155 Å². The van der Waals surface area contributed by atoms with Crippen molar-refractivity contribution in [2.45, 2.75) is 32.5 Å². The summed E-state index contributed by atoms with van der Waals surface area (Å²) in [7, 11) is 0. The van der Waals surface area contributed by atoms with Gasteiger partial charge >= 0.3 is 0 Å². The third-order valence-electron chi connectivity index (χ3n) is 5.47. The van der Waals surface area contributed by atoms with Gasteiger partial charge in [0.1, 0.15) is 0 Å². The van der Waals surface area contributed by atoms with Crippen LogP contribution in [-0.4, -0.2) is 76.2 Å². The minimum Gasteiger partial charge on any atom is -0.390 e. The summed E-state index contributed by atoms with van der Waals surface area (Å²) in [5.41, 5.74) is 4.54. The number of aromatic nitrogens is 2. The maximum atomic E-state index is 10.6. The largest absolute Gasteiger partial charge is 0.390 e. The molecule has 140 valence electrons. The fourth-order valence-electron chi connectivity index (χ4n) is 4.21. The maximum Gasteiger partial charge on any atom is 0.0834 e. The van der Waals surface area contributed by atoms with Crippen LogP contribution in [0.5, 0.6) is 0 Å². The fraction of sp³-hybridized carbons (Fsp3) is 0.550. The molecule has 2 atom stereocenters. The molecule has 0 radical (unpaired) electrons. The molecule has 6 heteroatoms. The molecule has 1 N–H and O–H groups in total. The van der Waals surface area contributed by atoms with Crippen LogP contribution in [0.2, 0.25) is 0 Å². The predicted molar refractivity (Wildman–Crippen MR) is 101 cm³/mol. The first-order chi connectivity index (χ1) is 12.6. The quantitative estimate of drug-likeness (QED) is 0.897. The normalized spacial score (nSPS) is 25.0. The van der Waals surface area contributed by atoms with Gasteiger partial charge in [0.15, 0.2) is 0 Å². The van der Waals surface area contributed by atoms with Gasteiger partial charge in [0.05, 0.1) is 30.7 Å². The number of nitrogens with zero attached hydrogens (tertiary/aromatic N) is 4. The molecule has 0 spiro atoms. The second-order valence-corrected chi connectivity index (χ2v) is 7.44. The van der Waals surface area contributed by atoms with Gasteiger partial charge in [-0.05, 0) is 31.5 Å². The number of benzene rings is 1. The summed E-state index contributed by atoms with van der Waals surface area (Å²) in [4.78, 5) is 4.73. The van der Waals surface area contributed by atoms with Crippen LogP contribution in [-0.2, 0) is 11.3 Å². The highest BCUT2D eigenvalue weighted by atomic mass is 16.5. The minimum atomic E-state index is -0.297. The van der Waals surface area contributed by atoms with Crippen molar-refractivity contribution in [2.75, 3.05) is 39.4 Å². The molecule has 1 aromatic heterocycles. The Balaban J connectivity index is 1.51. The van der Waals surface area contributed by atoms with Crippen LogP contribution in [0.4, 0.5) is 0 Å². The standard InChI is InChI=1S/C20H28N4O2/c1-15-11-16(2)24(21-15)18-6-4-3-5-17(18)12-22-13-19(20(25)14-22)23-7-9-26-10-8-23/h3-6,11,19-20,25H,7-10,12-14H2,1-2H3. The number of morpholine rings is 1. The van der Waals surface area contributed by atoms with Crippen LogP contribution in [0.15, 0.2) is 30.3 Å². The molecule has 6 nitrogen and oxygen atoms in total. The molecule has 0 bridgehead atoms. The molecule has 2 fully saturated rings. The molecule has 26 heavy (non-hydrogen) atoms. The lowest BCUT2D eigenvalue weighted by atomic mass is 10.1. The van der Waals surface area contributed by atoms with Gasteiger partial charge in [0.2, 0.25) is 0 Å². The van der Waals surface area contributed by atoms with Gasteiger partial charge in [-0.1, -0.05) is 18.2 Å². The molecule has 2 unspecified atom stereocenters. The van der Waals surface area contributed by atoms with E-state index in [1.54, 1.807) is 0 Å². The molecule has 0 amide bonds. The van der Waals surface area contributed by atoms with Gasteiger partial charge in [0, 0.05) is 44.5 Å². The topological polar surface area (TPSA) is 53.8 Å². The first-order valence-corrected chi connectivity index (χ1v) is 9.45. The molecule has 2 aliphatic heterocycles. The van der Waals surface area contributed by atoms with E-state index >= 15 is 0 Å². The zero-order chi connectivity index (χ0) is 18.1. The van der Waals surface area contributed by atoms with Gasteiger partial charge in [0.25, 0.3) is 0 Å². The van der Waals surface area contributed by atoms with E-state index in [2.05, 4.69) is 52.2 Å². The average Bonchev–Trinajstić information content (AvgIpc) is 3.17. The van der Waals surface area contributed by atoms with Crippen molar-refractivity contribution < 1.29 is 9.84 Å². The van der Waals surface area contributed by atoms with Crippen molar-refractivity contribution in [3.8, 4) is 5.69 Å². The highest BCUT2D eigenvalue weighted by Gasteiger charge is 2.36. The van der Waals surface area contributed by atoms with E-state index in [1.165, 1.54) is 5.56 Å². The number of β-amino-alcohol motifs (C(OH)–C–C–N with tert-alkyl or cyclic N) is 1. The first kappa shape index (κ1) is 17.7. The van der Waals surface area contributed by atoms with Gasteiger partial charge in [-0.25, -0.2) is 4.68 Å². The summed E-state index contributed by atoms with van der Waals surface area (Å²) in [5, 5.41) is 15.2. The van der Waals surface area contributed by atoms with Crippen LogP contribution < -0.4 is 0 Å². The molecule has 3 heterocycles. The second kappa shape index (κ2) is 7.48. The van der Waals surface area contributed by atoms with E-state index in [0.717, 1.165) is 56.5 Å². The number of ether oxygens (including phenoxy) is 1. The number of aliphatic hydroxyl groups excluding tert-OH is 1. The van der Waals surface area contributed by atoms with Crippen LogP contribution in [0, 0.1) is 13.8 Å². The minimum absolute atomic E-state index is 0.208. The van der Waals surface area contributed by atoms with E-state index in [4.69, 9.17) is 4.74 Å². The van der Waals surface area contributed by atoms with Crippen LogP contribution in [0.1, 0.15) is 17.0 Å². The number of rotatable bonds is 4. The molecular weight excluding hydrogens is 328 g/mol. The van der Waals surface area contributed by atoms with Crippen molar-refractivity contribution in [1.82, 2.24) is 19.6 Å². The number of hydrogen-bond acceptors (Lipinski definition) is 5. The van der Waals surface area contributed by atoms with Gasteiger partial charge in [-0.2, -0.15) is 5.10 Å². The molecule has 2 saturated heterocycles. The Morgan fingerprint density at radius 1 is 1.15 bits per heavy atom. The lowest BCUT2D eigenvalue weighted by Crippen LogP contribution is -2.48. The summed E-state index contributed by atoms with van der Waals surface area (Å²) in [6, 6.07) is 10.7. The summed E-state index contributed by atoms with van der Waals surface area (Å²) in [5.74, 6) is 0. The van der Waals surface area contributed by atoms with Crippen molar-refractivity contribution in [1.29, 1.82) is 0 Å². The van der Waals surface area contributed by atoms with E-state index in [1.807, 2.05) is 11.6 Å². The molecule has 2 aromatic rings. The van der Waals surface area contributed by atoms with Crippen LogP contribution in [0.3, 0.4) is 0 Å². The van der Waals surface area contributed by atoms with E-state index < -0.39 is 0 Å². The second-order valence-electron chi connectivity index (χ2n) is 7.44. The number of aliphatic hydroxyl groups is 1. The Morgan fingerprint density at radius 3 is 2.65 bits per heavy atom. The van der Waals surface area contributed by atoms with Crippen molar-refractivity contribution in [3.05, 3.63) is 47.3 Å². The molecule has 0 saturated carbocycles. The summed E-state index contributed by atoms with van der Waals surface area (Å²) >= 11 is 0. The third kappa shape index (κ3) is 3.55. The summed E-state index contributed by atoms with van der Waals surface area (Å²) in [6.07, 6.45) is -0.297. The molecule has 1 aromatic carbocycles. The maximum absolute atomic E-state index is 10.6. The summed E-state index contributed by atoms with van der Waals surface area (Å²) in [6.45, 7) is 9.91. The third-order valence-corrected chi connectivity index (χ3v) is 5.47. The van der Waals surface area contributed by atoms with Crippen molar-refractivity contribution in [3.63, 3.8) is 0 Å². The van der Waals surface area contributed by atoms with Gasteiger partial charge in [-0.3, -0.25) is 9.80 Å². The molecular formula is C20H28N4O2. The van der Waals surface area contributed by atoms with Crippen LogP contribution >= 0.6 is 0 Å². The highest BCUT2D eigenvalue weighted by molar-refractivity contribution is 5.42. The van der Waals surface area contributed by atoms with E-state index in [-0.39, 0.29) is 12.1 Å². The van der Waals surface area contributed by atoms with Gasteiger partial charge < -0.3 is 9.84 Å². The Kier molecular flexibility index (Phi) is 5.09. The van der Waals surface area contributed by atoms with Crippen LogP contribution in [0.25, 0.3) is 5.69 Å². The van der Waals surface area contributed by atoms with Crippen molar-refractivity contribution in [2.24, 2.45) is 0 Å². The zero-order valence-electron chi connectivity index (χ0n) is 15.6. The SMILES string of the molecule is Cc1cc(C)n(-c2ccccc2CN2CC(O)C(N3CCOCC3)C2)n1. The lowest BCUT2D eigenvalue weighted by Gasteiger charge is -2.33. The summed E-state index contributed by atoms with van der Waals surface area (Å²) < 4.78 is 7.47. The van der Waals surface area contributed by atoms with Crippen molar-refractivity contribution >= 4 is 0 Å². The van der Waals surface area contributed by atoms with E-state index in [9.17, 15) is 5.11 Å². The molecule has 2 aliphatic rings. The monoisotopic (exact) mass is 356 g/mol. The number of para-hydroxylation sites is 1. The number of aryl methyl sites for hydroxylation is 2. The Morgan fingerprint density at radius 2 is 1.92 bits per heavy atom. The number of hydrogen-bond donors (Lipinski definition) is 1. The molecule has 4 rings (SSSR count). The fourth-order valence-corrected chi connectivity index (χ4v) is 4.21. The number of likely N-dealkylation sites (tertiary alicyclic amines) is 1. The van der Waals surface area contributed by atoms with E-state index in [0.29, 0.717) is 6.54 Å². The lowest BCUT2D eigenvalue weighted by molar-refractivity contribution is -0.00618. The average molecular weight is 356 g/mol. The predicted octanol–water partition coefficient (Wildman–Crippen LogP) is 1.37. The highest BCUT2D eigenvalue weighted by Crippen LogP contribution is 2.23. The Hall–Kier alpha value is -1.73. The zero-order valence-corrected chi connectivity index (χ0v) is 15.6.